The summed E-state index contributed by atoms with van der Waals surface area (Å²) in [6.07, 6.45) is 22.2. The van der Waals surface area contributed by atoms with Gasteiger partial charge >= 0.3 is 0 Å². The second-order valence-corrected chi connectivity index (χ2v) is 8.65. The van der Waals surface area contributed by atoms with Crippen LogP contribution >= 0.6 is 0 Å². The van der Waals surface area contributed by atoms with Gasteiger partial charge in [-0.3, -0.25) is 0 Å². The Labute approximate surface area is 173 Å². The van der Waals surface area contributed by atoms with Gasteiger partial charge in [0.05, 0.1) is 6.61 Å². The molecule has 0 bridgehead atoms. The number of epoxide rings is 1. The molecule has 158 valence electrons. The number of aryl methyl sites for hydroxylation is 1. The molecule has 28 heavy (non-hydrogen) atoms. The van der Waals surface area contributed by atoms with Crippen molar-refractivity contribution >= 4 is 0 Å². The molecule has 0 saturated carbocycles. The molecule has 1 aromatic rings. The van der Waals surface area contributed by atoms with E-state index < -0.39 is 0 Å². The van der Waals surface area contributed by atoms with E-state index in [0.717, 1.165) is 12.4 Å². The Morgan fingerprint density at radius 2 is 1.43 bits per heavy atom. The van der Waals surface area contributed by atoms with Crippen molar-refractivity contribution in [1.29, 1.82) is 0 Å². The lowest BCUT2D eigenvalue weighted by atomic mass is 10.0. The Morgan fingerprint density at radius 1 is 0.857 bits per heavy atom. The molecule has 1 aromatic carbocycles. The van der Waals surface area contributed by atoms with Crippen LogP contribution in [-0.4, -0.2) is 18.8 Å². The van der Waals surface area contributed by atoms with Gasteiger partial charge in [-0.25, -0.2) is 0 Å². The van der Waals surface area contributed by atoms with Crippen LogP contribution in [0.4, 0.5) is 0 Å². The lowest BCUT2D eigenvalue weighted by Gasteiger charge is -2.09. The number of hydrogen-bond donors (Lipinski definition) is 0. The molecule has 1 unspecified atom stereocenters. The van der Waals surface area contributed by atoms with Crippen LogP contribution in [0.15, 0.2) is 36.4 Å². The average molecular weight is 387 g/mol. The summed E-state index contributed by atoms with van der Waals surface area (Å²) in [4.78, 5) is 0. The van der Waals surface area contributed by atoms with Crippen molar-refractivity contribution in [2.75, 3.05) is 13.2 Å². The Bertz CT molecular complexity index is 528. The summed E-state index contributed by atoms with van der Waals surface area (Å²) in [6, 6.07) is 8.61. The molecular formula is C26H42O2. The molecule has 0 amide bonds. The molecule has 2 nitrogen and oxygen atoms in total. The minimum Gasteiger partial charge on any atom is -0.491 e. The fourth-order valence-corrected chi connectivity index (χ4v) is 3.42. The molecule has 0 radical (unpaired) electrons. The lowest BCUT2D eigenvalue weighted by Crippen LogP contribution is -2.16. The molecule has 1 aliphatic heterocycles. The molecule has 0 N–H and O–H groups in total. The first-order valence-corrected chi connectivity index (χ1v) is 11.7. The summed E-state index contributed by atoms with van der Waals surface area (Å²) in [5, 5.41) is 0. The monoisotopic (exact) mass is 386 g/mol. The Kier molecular flexibility index (Phi) is 11.4. The number of rotatable bonds is 17. The zero-order chi connectivity index (χ0) is 19.9. The maximum absolute atomic E-state index is 5.78. The number of unbranched alkanes of at least 4 members (excludes halogenated alkanes) is 10. The molecule has 0 aromatic heterocycles. The average Bonchev–Trinajstić information content (AvgIpc) is 3.45. The third-order valence-electron chi connectivity index (χ3n) is 5.58. The van der Waals surface area contributed by atoms with Crippen molar-refractivity contribution < 1.29 is 9.47 Å². The first kappa shape index (κ1) is 23.0. The second-order valence-electron chi connectivity index (χ2n) is 8.65. The van der Waals surface area contributed by atoms with Crippen molar-refractivity contribution in [3.8, 4) is 5.75 Å². The summed E-state index contributed by atoms with van der Waals surface area (Å²) in [7, 11) is 0. The first-order valence-electron chi connectivity index (χ1n) is 11.7. The molecule has 1 aliphatic rings. The molecule has 2 rings (SSSR count). The van der Waals surface area contributed by atoms with Crippen LogP contribution in [0.3, 0.4) is 0 Å². The third kappa shape index (κ3) is 10.9. The largest absolute Gasteiger partial charge is 0.491 e. The van der Waals surface area contributed by atoms with Crippen LogP contribution in [0.2, 0.25) is 0 Å². The van der Waals surface area contributed by atoms with E-state index in [2.05, 4.69) is 50.3 Å². The van der Waals surface area contributed by atoms with E-state index in [0.29, 0.717) is 6.61 Å². The van der Waals surface area contributed by atoms with E-state index >= 15 is 0 Å². The third-order valence-corrected chi connectivity index (χ3v) is 5.58. The normalized spacial score (nSPS) is 18.6. The highest BCUT2D eigenvalue weighted by molar-refractivity contribution is 5.27. The molecule has 1 heterocycles. The fraction of sp³-hybridized carbons (Fsp3) is 0.692. The van der Waals surface area contributed by atoms with E-state index in [-0.39, 0.29) is 5.60 Å². The van der Waals surface area contributed by atoms with E-state index in [4.69, 9.17) is 9.47 Å². The van der Waals surface area contributed by atoms with Gasteiger partial charge in [-0.1, -0.05) is 76.2 Å². The van der Waals surface area contributed by atoms with Crippen molar-refractivity contribution in [2.24, 2.45) is 0 Å². The lowest BCUT2D eigenvalue weighted by molar-refractivity contribution is 0.202. The van der Waals surface area contributed by atoms with Crippen LogP contribution in [0.5, 0.6) is 5.75 Å². The smallest absolute Gasteiger partial charge is 0.123 e. The maximum atomic E-state index is 5.78. The highest BCUT2D eigenvalue weighted by Gasteiger charge is 2.40. The van der Waals surface area contributed by atoms with Crippen LogP contribution in [0.1, 0.15) is 96.5 Å². The number of benzene rings is 1. The summed E-state index contributed by atoms with van der Waals surface area (Å²) in [5.41, 5.74) is 1.38. The van der Waals surface area contributed by atoms with E-state index in [1.165, 1.54) is 89.0 Å². The van der Waals surface area contributed by atoms with Gasteiger partial charge in [-0.15, -0.1) is 0 Å². The van der Waals surface area contributed by atoms with E-state index in [9.17, 15) is 0 Å². The molecule has 2 heteroatoms. The molecular weight excluding hydrogens is 344 g/mol. The van der Waals surface area contributed by atoms with Gasteiger partial charge in [0.2, 0.25) is 0 Å². The molecule has 1 fully saturated rings. The standard InChI is InChI=1S/C26H42O2/c1-3-4-5-6-7-8-9-10-11-12-13-14-15-16-17-24-18-20-25(21-19-24)27-22-26(2)23-28-26/h8-9,18-21H,3-7,10-17,22-23H2,1-2H3/b9-8+. The zero-order valence-electron chi connectivity index (χ0n) is 18.4. The molecule has 1 saturated heterocycles. The zero-order valence-corrected chi connectivity index (χ0v) is 18.4. The SMILES string of the molecule is CCCCCC/C=C/CCCCCCCCc1ccc(OCC2(C)CO2)cc1. The summed E-state index contributed by atoms with van der Waals surface area (Å²) >= 11 is 0. The highest BCUT2D eigenvalue weighted by atomic mass is 16.6. The van der Waals surface area contributed by atoms with Crippen LogP contribution in [0, 0.1) is 0 Å². The van der Waals surface area contributed by atoms with Gasteiger partial charge in [-0.2, -0.15) is 0 Å². The number of hydrogen-bond acceptors (Lipinski definition) is 2. The Balaban J connectivity index is 1.38. The highest BCUT2D eigenvalue weighted by Crippen LogP contribution is 2.27. The first-order chi connectivity index (χ1) is 13.7. The van der Waals surface area contributed by atoms with Gasteiger partial charge in [0.15, 0.2) is 0 Å². The van der Waals surface area contributed by atoms with Gasteiger partial charge in [-0.05, 0) is 63.1 Å². The number of ether oxygens (including phenoxy) is 2. The summed E-state index contributed by atoms with van der Waals surface area (Å²) < 4.78 is 11.1. The van der Waals surface area contributed by atoms with Gasteiger partial charge in [0.1, 0.15) is 18.0 Å². The number of allylic oxidation sites excluding steroid dienone is 2. The predicted octanol–water partition coefficient (Wildman–Crippen LogP) is 7.65. The van der Waals surface area contributed by atoms with E-state index in [1.807, 2.05) is 0 Å². The second kappa shape index (κ2) is 13.8. The quantitative estimate of drug-likeness (QED) is 0.156. The van der Waals surface area contributed by atoms with Crippen LogP contribution < -0.4 is 4.74 Å². The van der Waals surface area contributed by atoms with Gasteiger partial charge in [0, 0.05) is 0 Å². The molecule has 1 atom stereocenters. The van der Waals surface area contributed by atoms with Crippen molar-refractivity contribution in [2.45, 2.75) is 103 Å². The fourth-order valence-electron chi connectivity index (χ4n) is 3.42. The summed E-state index contributed by atoms with van der Waals surface area (Å²) in [6.45, 7) is 5.84. The van der Waals surface area contributed by atoms with Gasteiger partial charge in [0.25, 0.3) is 0 Å². The predicted molar refractivity (Wildman–Crippen MR) is 120 cm³/mol. The Morgan fingerprint density at radius 3 is 2.04 bits per heavy atom. The summed E-state index contributed by atoms with van der Waals surface area (Å²) in [5.74, 6) is 0.954. The Hall–Kier alpha value is -1.28. The van der Waals surface area contributed by atoms with Gasteiger partial charge < -0.3 is 9.47 Å². The van der Waals surface area contributed by atoms with E-state index in [1.54, 1.807) is 0 Å². The van der Waals surface area contributed by atoms with Crippen LogP contribution in [0.25, 0.3) is 0 Å². The molecule has 0 aliphatic carbocycles. The van der Waals surface area contributed by atoms with Crippen molar-refractivity contribution in [1.82, 2.24) is 0 Å². The minimum absolute atomic E-state index is 0.0385. The maximum Gasteiger partial charge on any atom is 0.123 e. The minimum atomic E-state index is -0.0385. The van der Waals surface area contributed by atoms with Crippen molar-refractivity contribution in [3.63, 3.8) is 0 Å². The van der Waals surface area contributed by atoms with Crippen LogP contribution in [-0.2, 0) is 11.2 Å². The topological polar surface area (TPSA) is 21.8 Å². The molecule has 0 spiro atoms. The van der Waals surface area contributed by atoms with Crippen molar-refractivity contribution in [3.05, 3.63) is 42.0 Å².